The average Bonchev–Trinajstić information content (AvgIpc) is 3.00. The fourth-order valence-corrected chi connectivity index (χ4v) is 1.67. The van der Waals surface area contributed by atoms with E-state index in [0.717, 1.165) is 19.0 Å². The van der Waals surface area contributed by atoms with Gasteiger partial charge in [-0.15, -0.1) is 0 Å². The Kier molecular flexibility index (Phi) is 4.12. The molecule has 1 aliphatic carbocycles. The van der Waals surface area contributed by atoms with Crippen molar-refractivity contribution in [3.63, 3.8) is 0 Å². The van der Waals surface area contributed by atoms with Crippen LogP contribution in [0.5, 0.6) is 0 Å². The predicted molar refractivity (Wildman–Crippen MR) is 62.5 cm³/mol. The van der Waals surface area contributed by atoms with Crippen molar-refractivity contribution in [1.82, 2.24) is 10.2 Å². The van der Waals surface area contributed by atoms with E-state index in [-0.39, 0.29) is 0 Å². The summed E-state index contributed by atoms with van der Waals surface area (Å²) in [5, 5.41) is 12.2. The Hall–Kier alpha value is -0.590. The molecule has 0 bridgehead atoms. The van der Waals surface area contributed by atoms with Crippen LogP contribution in [0.4, 0.5) is 0 Å². The third-order valence-corrected chi connectivity index (χ3v) is 3.24. The van der Waals surface area contributed by atoms with Crippen LogP contribution in [-0.2, 0) is 0 Å². The summed E-state index contributed by atoms with van der Waals surface area (Å²) < 4.78 is 0. The Morgan fingerprint density at radius 2 is 2.13 bits per heavy atom. The van der Waals surface area contributed by atoms with Crippen LogP contribution in [-0.4, -0.2) is 36.6 Å². The first-order chi connectivity index (χ1) is 7.00. The van der Waals surface area contributed by atoms with E-state index in [1.54, 1.807) is 0 Å². The molecule has 0 aromatic carbocycles. The van der Waals surface area contributed by atoms with Crippen molar-refractivity contribution in [1.29, 1.82) is 5.26 Å². The predicted octanol–water partition coefficient (Wildman–Crippen LogP) is 1.61. The SMILES string of the molecule is CNC(C)(C#N)CN(CC1CC1)C(C)C. The van der Waals surface area contributed by atoms with Gasteiger partial charge in [0.15, 0.2) is 0 Å². The lowest BCUT2D eigenvalue weighted by Crippen LogP contribution is -2.51. The van der Waals surface area contributed by atoms with E-state index < -0.39 is 5.54 Å². The Morgan fingerprint density at radius 1 is 1.53 bits per heavy atom. The second-order valence-electron chi connectivity index (χ2n) is 5.16. The molecule has 86 valence electrons. The molecule has 0 aromatic rings. The summed E-state index contributed by atoms with van der Waals surface area (Å²) in [5.41, 5.74) is -0.418. The molecule has 1 saturated carbocycles. The minimum absolute atomic E-state index is 0.418. The topological polar surface area (TPSA) is 39.1 Å². The maximum atomic E-state index is 9.13. The van der Waals surface area contributed by atoms with Gasteiger partial charge >= 0.3 is 0 Å². The largest absolute Gasteiger partial charge is 0.302 e. The minimum atomic E-state index is -0.418. The molecule has 1 rings (SSSR count). The van der Waals surface area contributed by atoms with Gasteiger partial charge in [-0.1, -0.05) is 0 Å². The van der Waals surface area contributed by atoms with Crippen molar-refractivity contribution < 1.29 is 0 Å². The number of rotatable bonds is 6. The lowest BCUT2D eigenvalue weighted by atomic mass is 10.0. The van der Waals surface area contributed by atoms with Crippen LogP contribution in [0.3, 0.4) is 0 Å². The van der Waals surface area contributed by atoms with Crippen molar-refractivity contribution in [2.75, 3.05) is 20.1 Å². The van der Waals surface area contributed by atoms with Gasteiger partial charge in [0.25, 0.3) is 0 Å². The molecule has 1 fully saturated rings. The second kappa shape index (κ2) is 4.96. The zero-order valence-corrected chi connectivity index (χ0v) is 10.4. The molecule has 0 aliphatic heterocycles. The number of hydrogen-bond acceptors (Lipinski definition) is 3. The van der Waals surface area contributed by atoms with Crippen LogP contribution in [0.1, 0.15) is 33.6 Å². The second-order valence-corrected chi connectivity index (χ2v) is 5.16. The third kappa shape index (κ3) is 3.81. The van der Waals surface area contributed by atoms with Gasteiger partial charge in [-0.2, -0.15) is 5.26 Å². The van der Waals surface area contributed by atoms with Gasteiger partial charge < -0.3 is 5.32 Å². The number of nitrogens with zero attached hydrogens (tertiary/aromatic N) is 2. The van der Waals surface area contributed by atoms with E-state index >= 15 is 0 Å². The van der Waals surface area contributed by atoms with Crippen LogP contribution in [0.2, 0.25) is 0 Å². The summed E-state index contributed by atoms with van der Waals surface area (Å²) in [6.45, 7) is 8.34. The Morgan fingerprint density at radius 3 is 2.47 bits per heavy atom. The van der Waals surface area contributed by atoms with Gasteiger partial charge in [0.05, 0.1) is 6.07 Å². The highest BCUT2D eigenvalue weighted by Gasteiger charge is 2.30. The van der Waals surface area contributed by atoms with E-state index in [9.17, 15) is 0 Å². The zero-order valence-electron chi connectivity index (χ0n) is 10.4. The molecule has 0 aromatic heterocycles. The number of nitrogens with one attached hydrogen (secondary N) is 1. The molecule has 1 unspecified atom stereocenters. The number of likely N-dealkylation sites (N-methyl/N-ethyl adjacent to an activating group) is 1. The van der Waals surface area contributed by atoms with E-state index in [2.05, 4.69) is 30.1 Å². The Labute approximate surface area is 93.5 Å². The minimum Gasteiger partial charge on any atom is -0.302 e. The van der Waals surface area contributed by atoms with Gasteiger partial charge in [0, 0.05) is 19.1 Å². The summed E-state index contributed by atoms with van der Waals surface area (Å²) >= 11 is 0. The van der Waals surface area contributed by atoms with E-state index in [1.165, 1.54) is 12.8 Å². The van der Waals surface area contributed by atoms with Crippen LogP contribution in [0.25, 0.3) is 0 Å². The van der Waals surface area contributed by atoms with Crippen molar-refractivity contribution in [2.45, 2.75) is 45.2 Å². The normalized spacial score (nSPS) is 20.3. The van der Waals surface area contributed by atoms with Gasteiger partial charge in [-0.05, 0) is 46.6 Å². The smallest absolute Gasteiger partial charge is 0.116 e. The average molecular weight is 209 g/mol. The lowest BCUT2D eigenvalue weighted by molar-refractivity contribution is 0.176. The van der Waals surface area contributed by atoms with Gasteiger partial charge in [-0.25, -0.2) is 0 Å². The monoisotopic (exact) mass is 209 g/mol. The summed E-state index contributed by atoms with van der Waals surface area (Å²) in [4.78, 5) is 2.41. The van der Waals surface area contributed by atoms with Crippen LogP contribution in [0, 0.1) is 17.2 Å². The molecular formula is C12H23N3. The molecule has 0 saturated heterocycles. The number of nitriles is 1. The molecular weight excluding hydrogens is 186 g/mol. The summed E-state index contributed by atoms with van der Waals surface area (Å²) in [6.07, 6.45) is 2.73. The summed E-state index contributed by atoms with van der Waals surface area (Å²) in [5.74, 6) is 0.882. The van der Waals surface area contributed by atoms with Crippen molar-refractivity contribution in [3.8, 4) is 6.07 Å². The molecule has 0 spiro atoms. The van der Waals surface area contributed by atoms with Crippen molar-refractivity contribution >= 4 is 0 Å². The summed E-state index contributed by atoms with van der Waals surface area (Å²) in [6, 6.07) is 2.87. The Balaban J connectivity index is 2.52. The number of hydrogen-bond donors (Lipinski definition) is 1. The fraction of sp³-hybridized carbons (Fsp3) is 0.917. The van der Waals surface area contributed by atoms with Crippen LogP contribution in [0.15, 0.2) is 0 Å². The highest BCUT2D eigenvalue weighted by molar-refractivity contribution is 5.05. The fourth-order valence-electron chi connectivity index (χ4n) is 1.67. The van der Waals surface area contributed by atoms with E-state index in [4.69, 9.17) is 5.26 Å². The first-order valence-corrected chi connectivity index (χ1v) is 5.85. The highest BCUT2D eigenvalue weighted by atomic mass is 15.2. The van der Waals surface area contributed by atoms with Gasteiger partial charge in [0.2, 0.25) is 0 Å². The molecule has 0 radical (unpaired) electrons. The van der Waals surface area contributed by atoms with E-state index in [0.29, 0.717) is 6.04 Å². The zero-order chi connectivity index (χ0) is 11.5. The lowest BCUT2D eigenvalue weighted by Gasteiger charge is -2.33. The molecule has 1 aliphatic rings. The van der Waals surface area contributed by atoms with Gasteiger partial charge in [0.1, 0.15) is 5.54 Å². The van der Waals surface area contributed by atoms with Crippen LogP contribution >= 0.6 is 0 Å². The highest BCUT2D eigenvalue weighted by Crippen LogP contribution is 2.30. The quantitative estimate of drug-likeness (QED) is 0.722. The molecule has 3 heteroatoms. The molecule has 1 N–H and O–H groups in total. The van der Waals surface area contributed by atoms with E-state index in [1.807, 2.05) is 14.0 Å². The molecule has 1 atom stereocenters. The molecule has 0 amide bonds. The van der Waals surface area contributed by atoms with Crippen LogP contribution < -0.4 is 5.32 Å². The van der Waals surface area contributed by atoms with Crippen molar-refractivity contribution in [2.24, 2.45) is 5.92 Å². The Bertz CT molecular complexity index is 240. The molecule has 3 nitrogen and oxygen atoms in total. The first kappa shape index (κ1) is 12.5. The maximum Gasteiger partial charge on any atom is 0.116 e. The molecule has 15 heavy (non-hydrogen) atoms. The standard InChI is InChI=1S/C12H23N3/c1-10(2)15(7-11-5-6-11)9-12(3,8-13)14-4/h10-11,14H,5-7,9H2,1-4H3. The van der Waals surface area contributed by atoms with Crippen molar-refractivity contribution in [3.05, 3.63) is 0 Å². The van der Waals surface area contributed by atoms with Gasteiger partial charge in [-0.3, -0.25) is 4.90 Å². The molecule has 0 heterocycles. The maximum absolute atomic E-state index is 9.13. The summed E-state index contributed by atoms with van der Waals surface area (Å²) in [7, 11) is 1.86. The first-order valence-electron chi connectivity index (χ1n) is 5.85. The third-order valence-electron chi connectivity index (χ3n) is 3.24.